The van der Waals surface area contributed by atoms with Gasteiger partial charge in [-0.1, -0.05) is 39.7 Å². The summed E-state index contributed by atoms with van der Waals surface area (Å²) in [6.45, 7) is 0. The standard InChI is InChI=1S/C19H11BrClN3O2S/c20-12-3-1-11(2-4-12)16-9-5-13(26-16)6-10-17(25)22-18-14(21)7-8-15-19(18)24-27-23-15/h1-10H,(H,22,25)/b10-6+. The second-order valence-corrected chi connectivity index (χ2v) is 7.44. The zero-order valence-electron chi connectivity index (χ0n) is 13.6. The Bertz CT molecular complexity index is 1150. The summed E-state index contributed by atoms with van der Waals surface area (Å²) < 4.78 is 15.1. The summed E-state index contributed by atoms with van der Waals surface area (Å²) >= 11 is 10.7. The molecule has 0 atom stereocenters. The first kappa shape index (κ1) is 17.9. The van der Waals surface area contributed by atoms with E-state index in [1.807, 2.05) is 30.3 Å². The van der Waals surface area contributed by atoms with Crippen molar-refractivity contribution >= 4 is 68.0 Å². The van der Waals surface area contributed by atoms with Crippen LogP contribution in [0.5, 0.6) is 0 Å². The van der Waals surface area contributed by atoms with Crippen LogP contribution in [-0.2, 0) is 4.79 Å². The summed E-state index contributed by atoms with van der Waals surface area (Å²) in [6.07, 6.45) is 2.99. The van der Waals surface area contributed by atoms with Crippen LogP contribution < -0.4 is 5.32 Å². The predicted molar refractivity (Wildman–Crippen MR) is 112 cm³/mol. The molecule has 0 bridgehead atoms. The molecule has 0 saturated carbocycles. The lowest BCUT2D eigenvalue weighted by atomic mass is 10.2. The molecule has 5 nitrogen and oxygen atoms in total. The number of benzene rings is 2. The van der Waals surface area contributed by atoms with Crippen LogP contribution >= 0.6 is 39.3 Å². The topological polar surface area (TPSA) is 68.0 Å². The van der Waals surface area contributed by atoms with Gasteiger partial charge in [0.2, 0.25) is 5.91 Å². The van der Waals surface area contributed by atoms with E-state index in [9.17, 15) is 4.79 Å². The zero-order chi connectivity index (χ0) is 18.8. The number of nitrogens with one attached hydrogen (secondary N) is 1. The van der Waals surface area contributed by atoms with E-state index in [0.29, 0.717) is 27.5 Å². The SMILES string of the molecule is O=C(/C=C/c1ccc(-c2ccc(Br)cc2)o1)Nc1c(Cl)ccc2nsnc12. The molecule has 0 radical (unpaired) electrons. The highest BCUT2D eigenvalue weighted by atomic mass is 79.9. The number of fused-ring (bicyclic) bond motifs is 1. The third-order valence-electron chi connectivity index (χ3n) is 3.78. The van der Waals surface area contributed by atoms with Gasteiger partial charge in [0.15, 0.2) is 0 Å². The molecule has 0 aliphatic heterocycles. The zero-order valence-corrected chi connectivity index (χ0v) is 16.8. The van der Waals surface area contributed by atoms with Crippen LogP contribution in [0, 0.1) is 0 Å². The van der Waals surface area contributed by atoms with Crippen LogP contribution in [0.4, 0.5) is 5.69 Å². The second-order valence-electron chi connectivity index (χ2n) is 5.59. The Morgan fingerprint density at radius 1 is 1.11 bits per heavy atom. The molecule has 2 aromatic heterocycles. The Morgan fingerprint density at radius 3 is 2.74 bits per heavy atom. The molecule has 0 saturated heterocycles. The van der Waals surface area contributed by atoms with Crippen LogP contribution in [0.2, 0.25) is 5.02 Å². The van der Waals surface area contributed by atoms with E-state index in [1.165, 1.54) is 6.08 Å². The highest BCUT2D eigenvalue weighted by Crippen LogP contribution is 2.30. The van der Waals surface area contributed by atoms with Gasteiger partial charge in [0.25, 0.3) is 0 Å². The highest BCUT2D eigenvalue weighted by molar-refractivity contribution is 9.10. The normalized spacial score (nSPS) is 11.3. The van der Waals surface area contributed by atoms with Crippen molar-refractivity contribution < 1.29 is 9.21 Å². The van der Waals surface area contributed by atoms with Gasteiger partial charge in [0, 0.05) is 16.1 Å². The number of hydrogen-bond acceptors (Lipinski definition) is 5. The van der Waals surface area contributed by atoms with Crippen molar-refractivity contribution in [2.45, 2.75) is 0 Å². The Kier molecular flexibility index (Phi) is 5.07. The molecule has 0 unspecified atom stereocenters. The van der Waals surface area contributed by atoms with Crippen molar-refractivity contribution in [3.63, 3.8) is 0 Å². The molecule has 0 spiro atoms. The summed E-state index contributed by atoms with van der Waals surface area (Å²) in [5, 5.41) is 3.16. The number of furan rings is 1. The number of carbonyl (C=O) groups is 1. The Morgan fingerprint density at radius 2 is 1.93 bits per heavy atom. The molecule has 1 N–H and O–H groups in total. The molecule has 134 valence electrons. The lowest BCUT2D eigenvalue weighted by Gasteiger charge is -2.04. The van der Waals surface area contributed by atoms with Crippen molar-refractivity contribution in [1.82, 2.24) is 8.75 Å². The number of aromatic nitrogens is 2. The number of rotatable bonds is 4. The highest BCUT2D eigenvalue weighted by Gasteiger charge is 2.12. The first-order valence-corrected chi connectivity index (χ1v) is 9.76. The molecule has 8 heteroatoms. The molecule has 0 fully saturated rings. The fourth-order valence-corrected chi connectivity index (χ4v) is 3.49. The van der Waals surface area contributed by atoms with E-state index >= 15 is 0 Å². The molecular weight excluding hydrogens is 450 g/mol. The minimum atomic E-state index is -0.334. The lowest BCUT2D eigenvalue weighted by Crippen LogP contribution is -2.08. The number of anilines is 1. The molecular formula is C19H11BrClN3O2S. The minimum Gasteiger partial charge on any atom is -0.457 e. The minimum absolute atomic E-state index is 0.334. The first-order chi connectivity index (χ1) is 13.1. The molecule has 0 aliphatic rings. The molecule has 2 aromatic carbocycles. The molecule has 1 amide bonds. The van der Waals surface area contributed by atoms with Gasteiger partial charge in [0.05, 0.1) is 22.4 Å². The lowest BCUT2D eigenvalue weighted by molar-refractivity contribution is -0.111. The van der Waals surface area contributed by atoms with Gasteiger partial charge < -0.3 is 9.73 Å². The van der Waals surface area contributed by atoms with Crippen molar-refractivity contribution in [1.29, 1.82) is 0 Å². The van der Waals surface area contributed by atoms with E-state index in [-0.39, 0.29) is 5.91 Å². The van der Waals surface area contributed by atoms with Gasteiger partial charge in [-0.25, -0.2) is 0 Å². The number of amides is 1. The van der Waals surface area contributed by atoms with Gasteiger partial charge >= 0.3 is 0 Å². The van der Waals surface area contributed by atoms with Gasteiger partial charge in [-0.2, -0.15) is 8.75 Å². The van der Waals surface area contributed by atoms with E-state index in [1.54, 1.807) is 24.3 Å². The number of halogens is 2. The van der Waals surface area contributed by atoms with Crippen LogP contribution in [0.25, 0.3) is 28.4 Å². The maximum Gasteiger partial charge on any atom is 0.248 e. The van der Waals surface area contributed by atoms with E-state index in [4.69, 9.17) is 16.0 Å². The molecule has 0 aliphatic carbocycles. The number of nitrogens with zero attached hydrogens (tertiary/aromatic N) is 2. The fourth-order valence-electron chi connectivity index (χ4n) is 2.48. The molecule has 4 aromatic rings. The summed E-state index contributed by atoms with van der Waals surface area (Å²) in [7, 11) is 0. The summed E-state index contributed by atoms with van der Waals surface area (Å²) in [4.78, 5) is 12.3. The van der Waals surface area contributed by atoms with Crippen molar-refractivity contribution in [3.05, 3.63) is 69.9 Å². The molecule has 2 heterocycles. The van der Waals surface area contributed by atoms with Crippen molar-refractivity contribution in [2.24, 2.45) is 0 Å². The predicted octanol–water partition coefficient (Wildman–Crippen LogP) is 6.02. The van der Waals surface area contributed by atoms with Crippen LogP contribution in [0.1, 0.15) is 5.76 Å². The summed E-state index contributed by atoms with van der Waals surface area (Å²) in [6, 6.07) is 14.9. The van der Waals surface area contributed by atoms with Crippen LogP contribution in [0.3, 0.4) is 0 Å². The second kappa shape index (κ2) is 7.64. The van der Waals surface area contributed by atoms with Crippen LogP contribution in [0.15, 0.2) is 63.5 Å². The first-order valence-electron chi connectivity index (χ1n) is 7.86. The van der Waals surface area contributed by atoms with E-state index < -0.39 is 0 Å². The van der Waals surface area contributed by atoms with Gasteiger partial charge in [0.1, 0.15) is 22.6 Å². The summed E-state index contributed by atoms with van der Waals surface area (Å²) in [5.41, 5.74) is 2.67. The van der Waals surface area contributed by atoms with Crippen molar-refractivity contribution in [3.8, 4) is 11.3 Å². The third-order valence-corrected chi connectivity index (χ3v) is 5.17. The van der Waals surface area contributed by atoms with E-state index in [0.717, 1.165) is 27.5 Å². The third kappa shape index (κ3) is 3.95. The molecule has 27 heavy (non-hydrogen) atoms. The van der Waals surface area contributed by atoms with Gasteiger partial charge in [-0.3, -0.25) is 4.79 Å². The molecule has 4 rings (SSSR count). The Hall–Kier alpha value is -2.48. The Balaban J connectivity index is 1.50. The Labute approximate surface area is 172 Å². The average Bonchev–Trinajstić information content (AvgIpc) is 3.32. The summed E-state index contributed by atoms with van der Waals surface area (Å²) in [5.74, 6) is 0.964. The van der Waals surface area contributed by atoms with Gasteiger partial charge in [-0.05, 0) is 42.5 Å². The fraction of sp³-hybridized carbons (Fsp3) is 0. The number of hydrogen-bond donors (Lipinski definition) is 1. The maximum atomic E-state index is 12.3. The largest absolute Gasteiger partial charge is 0.457 e. The maximum absolute atomic E-state index is 12.3. The number of carbonyl (C=O) groups excluding carboxylic acids is 1. The van der Waals surface area contributed by atoms with Crippen molar-refractivity contribution in [2.75, 3.05) is 5.32 Å². The van der Waals surface area contributed by atoms with Gasteiger partial charge in [-0.15, -0.1) is 0 Å². The van der Waals surface area contributed by atoms with Crippen LogP contribution in [-0.4, -0.2) is 14.7 Å². The van der Waals surface area contributed by atoms with E-state index in [2.05, 4.69) is 30.0 Å². The quantitative estimate of drug-likeness (QED) is 0.378. The smallest absolute Gasteiger partial charge is 0.248 e. The monoisotopic (exact) mass is 459 g/mol. The average molecular weight is 461 g/mol.